The number of rotatable bonds is 2. The monoisotopic (exact) mass is 294 g/mol. The fourth-order valence-electron chi connectivity index (χ4n) is 3.51. The largest absolute Gasteiger partial charge is 0.329 e. The second-order valence-corrected chi connectivity index (χ2v) is 8.02. The van der Waals surface area contributed by atoms with E-state index >= 15 is 0 Å². The zero-order valence-electron chi connectivity index (χ0n) is 14.3. The van der Waals surface area contributed by atoms with E-state index in [1.807, 2.05) is 23.6 Å². The lowest BCUT2D eigenvalue weighted by molar-refractivity contribution is -0.171. The Hall–Kier alpha value is -1.06. The van der Waals surface area contributed by atoms with E-state index in [1.165, 1.54) is 0 Å². The molecule has 2 heterocycles. The molecule has 2 rings (SSSR count). The van der Waals surface area contributed by atoms with Gasteiger partial charge in [-0.15, -0.1) is 0 Å². The Labute approximate surface area is 128 Å². The van der Waals surface area contributed by atoms with E-state index in [9.17, 15) is 9.59 Å². The van der Waals surface area contributed by atoms with Gasteiger partial charge in [0.05, 0.1) is 0 Å². The fraction of sp³-hybridized carbons (Fsp3) is 0.882. The third-order valence-corrected chi connectivity index (χ3v) is 5.18. The van der Waals surface area contributed by atoms with Crippen LogP contribution in [0.3, 0.4) is 0 Å². The van der Waals surface area contributed by atoms with Gasteiger partial charge >= 0.3 is 0 Å². The van der Waals surface area contributed by atoms with E-state index in [-0.39, 0.29) is 41.3 Å². The SMILES string of the molecule is CC(C)C1C(=O)N2CCCCC2C(=O)N1C(C)C(C)(C)C. The lowest BCUT2D eigenvalue weighted by Gasteiger charge is -2.52. The first-order valence-electron chi connectivity index (χ1n) is 8.29. The molecule has 3 atom stereocenters. The van der Waals surface area contributed by atoms with Crippen molar-refractivity contribution in [2.45, 2.75) is 78.9 Å². The van der Waals surface area contributed by atoms with Crippen LogP contribution >= 0.6 is 0 Å². The van der Waals surface area contributed by atoms with Crippen molar-refractivity contribution in [2.75, 3.05) is 6.54 Å². The smallest absolute Gasteiger partial charge is 0.246 e. The van der Waals surface area contributed by atoms with E-state index in [2.05, 4.69) is 27.7 Å². The van der Waals surface area contributed by atoms with Crippen molar-refractivity contribution in [3.8, 4) is 0 Å². The molecule has 0 aromatic heterocycles. The van der Waals surface area contributed by atoms with Crippen LogP contribution in [0.1, 0.15) is 60.8 Å². The standard InChI is InChI=1S/C17H30N2O2/c1-11(2)14-16(21)18-10-8-7-9-13(18)15(20)19(14)12(3)17(4,5)6/h11-14H,7-10H2,1-6H3. The van der Waals surface area contributed by atoms with Crippen molar-refractivity contribution in [1.29, 1.82) is 0 Å². The van der Waals surface area contributed by atoms with Crippen molar-refractivity contribution < 1.29 is 9.59 Å². The highest BCUT2D eigenvalue weighted by atomic mass is 16.2. The summed E-state index contributed by atoms with van der Waals surface area (Å²) >= 11 is 0. The van der Waals surface area contributed by atoms with Crippen LogP contribution in [0.4, 0.5) is 0 Å². The van der Waals surface area contributed by atoms with E-state index in [4.69, 9.17) is 0 Å². The van der Waals surface area contributed by atoms with E-state index < -0.39 is 0 Å². The van der Waals surface area contributed by atoms with Gasteiger partial charge in [-0.25, -0.2) is 0 Å². The van der Waals surface area contributed by atoms with Crippen LogP contribution in [-0.4, -0.2) is 46.3 Å². The molecule has 2 aliphatic heterocycles. The lowest BCUT2D eigenvalue weighted by Crippen LogP contribution is -2.69. The number of carbonyl (C=O) groups excluding carboxylic acids is 2. The molecule has 4 nitrogen and oxygen atoms in total. The Morgan fingerprint density at radius 3 is 2.19 bits per heavy atom. The number of hydrogen-bond acceptors (Lipinski definition) is 2. The summed E-state index contributed by atoms with van der Waals surface area (Å²) in [6, 6.07) is -0.461. The number of hydrogen-bond donors (Lipinski definition) is 0. The zero-order valence-corrected chi connectivity index (χ0v) is 14.3. The lowest BCUT2D eigenvalue weighted by atomic mass is 9.82. The predicted molar refractivity (Wildman–Crippen MR) is 83.7 cm³/mol. The topological polar surface area (TPSA) is 40.6 Å². The number of carbonyl (C=O) groups is 2. The molecule has 2 saturated heterocycles. The van der Waals surface area contributed by atoms with Gasteiger partial charge in [0.1, 0.15) is 12.1 Å². The molecular formula is C17H30N2O2. The molecule has 2 amide bonds. The Morgan fingerprint density at radius 1 is 1.05 bits per heavy atom. The Bertz CT molecular complexity index is 425. The molecule has 0 N–H and O–H groups in total. The van der Waals surface area contributed by atoms with Crippen molar-refractivity contribution in [2.24, 2.45) is 11.3 Å². The highest BCUT2D eigenvalue weighted by Gasteiger charge is 2.50. The van der Waals surface area contributed by atoms with Crippen LogP contribution in [0.15, 0.2) is 0 Å². The van der Waals surface area contributed by atoms with Crippen LogP contribution < -0.4 is 0 Å². The van der Waals surface area contributed by atoms with Crippen LogP contribution in [0, 0.1) is 11.3 Å². The molecule has 0 aromatic rings. The molecule has 4 heteroatoms. The van der Waals surface area contributed by atoms with Gasteiger partial charge in [-0.1, -0.05) is 34.6 Å². The fourth-order valence-corrected chi connectivity index (χ4v) is 3.51. The van der Waals surface area contributed by atoms with Crippen LogP contribution in [-0.2, 0) is 9.59 Å². The van der Waals surface area contributed by atoms with E-state index in [1.54, 1.807) is 0 Å². The Kier molecular flexibility index (Phi) is 4.36. The molecular weight excluding hydrogens is 264 g/mol. The summed E-state index contributed by atoms with van der Waals surface area (Å²) in [4.78, 5) is 29.7. The van der Waals surface area contributed by atoms with Gasteiger partial charge in [-0.3, -0.25) is 9.59 Å². The molecule has 0 saturated carbocycles. The van der Waals surface area contributed by atoms with Crippen molar-refractivity contribution in [1.82, 2.24) is 9.80 Å². The maximum atomic E-state index is 13.0. The summed E-state index contributed by atoms with van der Waals surface area (Å²) in [5.74, 6) is 0.468. The normalized spacial score (nSPS) is 28.9. The maximum Gasteiger partial charge on any atom is 0.246 e. The molecule has 120 valence electrons. The second kappa shape index (κ2) is 5.62. The zero-order chi connectivity index (χ0) is 15.9. The first-order valence-corrected chi connectivity index (χ1v) is 8.29. The highest BCUT2D eigenvalue weighted by molar-refractivity contribution is 5.97. The van der Waals surface area contributed by atoms with Gasteiger partial charge in [0.15, 0.2) is 0 Å². The number of piperazine rings is 1. The minimum absolute atomic E-state index is 0.0279. The number of amides is 2. The molecule has 0 spiro atoms. The minimum atomic E-state index is -0.305. The summed E-state index contributed by atoms with van der Waals surface area (Å²) in [6.07, 6.45) is 2.89. The van der Waals surface area contributed by atoms with Gasteiger partial charge < -0.3 is 9.80 Å². The number of nitrogens with zero attached hydrogens (tertiary/aromatic N) is 2. The van der Waals surface area contributed by atoms with Gasteiger partial charge in [0, 0.05) is 12.6 Å². The third kappa shape index (κ3) is 2.82. The predicted octanol–water partition coefficient (Wildman–Crippen LogP) is 2.67. The summed E-state index contributed by atoms with van der Waals surface area (Å²) in [5, 5.41) is 0. The Morgan fingerprint density at radius 2 is 1.67 bits per heavy atom. The second-order valence-electron chi connectivity index (χ2n) is 8.02. The highest BCUT2D eigenvalue weighted by Crippen LogP contribution is 2.35. The first-order chi connectivity index (χ1) is 9.66. The van der Waals surface area contributed by atoms with Crippen LogP contribution in [0.25, 0.3) is 0 Å². The van der Waals surface area contributed by atoms with Gasteiger partial charge in [-0.2, -0.15) is 0 Å². The third-order valence-electron chi connectivity index (χ3n) is 5.18. The number of piperidine rings is 1. The van der Waals surface area contributed by atoms with Gasteiger partial charge in [0.2, 0.25) is 11.8 Å². The molecule has 2 fully saturated rings. The summed E-state index contributed by atoms with van der Waals surface area (Å²) < 4.78 is 0. The van der Waals surface area contributed by atoms with E-state index in [0.29, 0.717) is 0 Å². The molecule has 0 aromatic carbocycles. The Balaban J connectivity index is 2.40. The summed E-state index contributed by atoms with van der Waals surface area (Å²) in [5.41, 5.74) is -0.0279. The van der Waals surface area contributed by atoms with Crippen molar-refractivity contribution in [3.63, 3.8) is 0 Å². The molecule has 21 heavy (non-hydrogen) atoms. The van der Waals surface area contributed by atoms with Crippen LogP contribution in [0.5, 0.6) is 0 Å². The molecule has 0 radical (unpaired) electrons. The maximum absolute atomic E-state index is 13.0. The van der Waals surface area contributed by atoms with Crippen molar-refractivity contribution >= 4 is 11.8 Å². The summed E-state index contributed by atoms with van der Waals surface area (Å²) in [6.45, 7) is 13.3. The quantitative estimate of drug-likeness (QED) is 0.785. The summed E-state index contributed by atoms with van der Waals surface area (Å²) in [7, 11) is 0. The minimum Gasteiger partial charge on any atom is -0.329 e. The number of fused-ring (bicyclic) bond motifs is 1. The van der Waals surface area contributed by atoms with E-state index in [0.717, 1.165) is 25.8 Å². The molecule has 2 aliphatic rings. The first kappa shape index (κ1) is 16.3. The average Bonchev–Trinajstić information content (AvgIpc) is 2.40. The van der Waals surface area contributed by atoms with Crippen molar-refractivity contribution in [3.05, 3.63) is 0 Å². The van der Waals surface area contributed by atoms with Gasteiger partial charge in [-0.05, 0) is 37.5 Å². The van der Waals surface area contributed by atoms with Gasteiger partial charge in [0.25, 0.3) is 0 Å². The molecule has 3 unspecified atom stereocenters. The van der Waals surface area contributed by atoms with Crippen LogP contribution in [0.2, 0.25) is 0 Å². The average molecular weight is 294 g/mol. The molecule has 0 bridgehead atoms. The molecule has 0 aliphatic carbocycles.